The zero-order chi connectivity index (χ0) is 63.2. The van der Waals surface area contributed by atoms with Crippen molar-refractivity contribution in [2.24, 2.45) is 0 Å². The van der Waals surface area contributed by atoms with Gasteiger partial charge < -0.3 is 50.3 Å². The SMILES string of the molecule is C=CC(=O)N1CCC[C@@H](Nc2ncnc3[nH]c(=O)c(-c4ccc(Oc5ccccc5)cc4)cc23)C1.C=CC(=O)N1CCC[C@@H](Nc2ncnc3[nH]c(=O)c(-c4ccccc4)cc23)C1.C=CC(=O)N1CCC[C@@H](Nc2ncnc3[nH]cc(-c4ccccc4)c(=O)c23)C1. The van der Waals surface area contributed by atoms with Gasteiger partial charge in [0.15, 0.2) is 0 Å². The van der Waals surface area contributed by atoms with Gasteiger partial charge in [0.25, 0.3) is 11.1 Å². The van der Waals surface area contributed by atoms with Crippen LogP contribution in [0.15, 0.2) is 205 Å². The van der Waals surface area contributed by atoms with Gasteiger partial charge in [-0.15, -0.1) is 0 Å². The van der Waals surface area contributed by atoms with Gasteiger partial charge in [-0.2, -0.15) is 0 Å². The van der Waals surface area contributed by atoms with Gasteiger partial charge in [0, 0.05) is 80.3 Å². The minimum Gasteiger partial charge on any atom is -0.457 e. The van der Waals surface area contributed by atoms with Crippen molar-refractivity contribution < 1.29 is 19.1 Å². The first-order chi connectivity index (χ1) is 44.4. The molecule has 3 aliphatic heterocycles. The molecule has 3 atom stereocenters. The fourth-order valence-corrected chi connectivity index (χ4v) is 11.5. The van der Waals surface area contributed by atoms with Crippen LogP contribution in [-0.4, -0.2) is 135 Å². The first-order valence-electron chi connectivity index (χ1n) is 30.0. The van der Waals surface area contributed by atoms with E-state index in [2.05, 4.69) is 80.5 Å². The molecule has 13 rings (SSSR count). The van der Waals surface area contributed by atoms with Crippen LogP contribution >= 0.6 is 0 Å². The second-order valence-corrected chi connectivity index (χ2v) is 22.1. The lowest BCUT2D eigenvalue weighted by Crippen LogP contribution is -2.44. The number of aromatic nitrogens is 9. The number of likely N-dealkylation sites (tertiary alicyclic amines) is 3. The predicted molar refractivity (Wildman–Crippen MR) is 354 cm³/mol. The van der Waals surface area contributed by atoms with Crippen molar-refractivity contribution in [1.29, 1.82) is 0 Å². The third kappa shape index (κ3) is 14.6. The van der Waals surface area contributed by atoms with Gasteiger partial charge in [-0.1, -0.05) is 111 Å². The van der Waals surface area contributed by atoms with E-state index in [4.69, 9.17) is 4.74 Å². The number of fused-ring (bicyclic) bond motifs is 3. The van der Waals surface area contributed by atoms with E-state index in [-0.39, 0.29) is 52.4 Å². The molecule has 3 amide bonds. The Morgan fingerprint density at radius 3 is 1.31 bits per heavy atom. The molecule has 22 heteroatoms. The summed E-state index contributed by atoms with van der Waals surface area (Å²) in [5, 5.41) is 12.1. The molecule has 0 saturated carbocycles. The number of rotatable bonds is 14. The van der Waals surface area contributed by atoms with Crippen molar-refractivity contribution >= 4 is 68.3 Å². The van der Waals surface area contributed by atoms with E-state index < -0.39 is 0 Å². The van der Waals surface area contributed by atoms with Crippen LogP contribution in [-0.2, 0) is 14.4 Å². The highest BCUT2D eigenvalue weighted by atomic mass is 16.5. The maximum absolute atomic E-state index is 13.2. The first-order valence-corrected chi connectivity index (χ1v) is 30.0. The highest BCUT2D eigenvalue weighted by Gasteiger charge is 2.27. The number of piperidine rings is 3. The van der Waals surface area contributed by atoms with Crippen molar-refractivity contribution in [2.45, 2.75) is 56.7 Å². The van der Waals surface area contributed by atoms with E-state index in [0.717, 1.165) is 79.4 Å². The van der Waals surface area contributed by atoms with Gasteiger partial charge in [-0.3, -0.25) is 28.8 Å². The van der Waals surface area contributed by atoms with Crippen LogP contribution in [0.5, 0.6) is 11.5 Å². The third-order valence-electron chi connectivity index (χ3n) is 16.0. The molecule has 0 unspecified atom stereocenters. The fraction of sp³-hybridized carbons (Fsp3) is 0.217. The number of H-pyrrole nitrogens is 3. The Balaban J connectivity index is 0.000000141. The number of para-hydroxylation sites is 1. The van der Waals surface area contributed by atoms with Crippen molar-refractivity contribution in [3.63, 3.8) is 0 Å². The molecule has 10 aromatic rings. The standard InChI is InChI=1S/C27H25N5O3.2C21H21N5O2/c1-2-24(33)32-14-6-7-19(16-32)30-25-23-15-22(27(34)31-26(23)29-17-28-25)18-10-12-21(13-11-18)35-20-8-4-3-5-9-20;1-2-18(27)26-10-6-9-15(12-26)24-19-17-11-16(14-7-4-3-5-8-14)21(28)25-20(17)23-13-22-19;1-2-17(27)26-10-6-9-15(12-26)25-21-18-19(28)16(14-7-4-3-5-8-14)11-22-20(18)23-13-24-21/h2-5,8-13,15,17,19H,1,6-7,14,16H2,(H2,28,29,30,31,34);2*2-5,7-8,11,13,15H,1,6,9-10,12H2,(H2,22,23,24,25,28)/t19-;2*15-/m111/s1. The molecular formula is C69H67N15O7. The molecular weight excluding hydrogens is 1150 g/mol. The Labute approximate surface area is 522 Å². The molecule has 0 spiro atoms. The van der Waals surface area contributed by atoms with E-state index in [9.17, 15) is 28.8 Å². The van der Waals surface area contributed by atoms with Crippen LogP contribution in [0.2, 0.25) is 0 Å². The predicted octanol–water partition coefficient (Wildman–Crippen LogP) is 9.51. The Kier molecular flexibility index (Phi) is 19.2. The molecule has 4 aromatic carbocycles. The Morgan fingerprint density at radius 1 is 0.473 bits per heavy atom. The molecule has 0 bridgehead atoms. The van der Waals surface area contributed by atoms with Gasteiger partial charge in [0.1, 0.15) is 70.3 Å². The second kappa shape index (κ2) is 28.6. The van der Waals surface area contributed by atoms with E-state index in [1.165, 1.54) is 37.2 Å². The summed E-state index contributed by atoms with van der Waals surface area (Å²) in [4.78, 5) is 114. The number of nitrogens with one attached hydrogen (secondary N) is 6. The number of pyridine rings is 3. The molecule has 6 N–H and O–H groups in total. The number of benzene rings is 4. The highest BCUT2D eigenvalue weighted by Crippen LogP contribution is 2.30. The highest BCUT2D eigenvalue weighted by molar-refractivity contribution is 5.93. The molecule has 460 valence electrons. The number of carbonyl (C=O) groups is 3. The van der Waals surface area contributed by atoms with E-state index in [0.29, 0.717) is 93.8 Å². The van der Waals surface area contributed by atoms with E-state index >= 15 is 0 Å². The minimum atomic E-state index is -0.237. The summed E-state index contributed by atoms with van der Waals surface area (Å²) in [5.41, 5.74) is 4.93. The van der Waals surface area contributed by atoms with Crippen LogP contribution in [0, 0.1) is 0 Å². The quantitative estimate of drug-likeness (QED) is 0.0553. The van der Waals surface area contributed by atoms with Gasteiger partial charge in [-0.05, 0) is 110 Å². The molecule has 22 nitrogen and oxygen atoms in total. The number of ether oxygens (including phenoxy) is 1. The van der Waals surface area contributed by atoms with Crippen LogP contribution in [0.1, 0.15) is 38.5 Å². The number of hydrogen-bond donors (Lipinski definition) is 6. The van der Waals surface area contributed by atoms with Crippen LogP contribution in [0.4, 0.5) is 17.5 Å². The Bertz CT molecular complexity index is 4430. The molecule has 0 aliphatic carbocycles. The van der Waals surface area contributed by atoms with Gasteiger partial charge in [0.2, 0.25) is 23.2 Å². The summed E-state index contributed by atoms with van der Waals surface area (Å²) in [6.07, 6.45) is 15.4. The summed E-state index contributed by atoms with van der Waals surface area (Å²) in [6, 6.07) is 39.6. The number of aromatic amines is 3. The topological polar surface area (TPSA) is 282 Å². The average molecular weight is 1220 g/mol. The number of hydrogen-bond acceptors (Lipinski definition) is 16. The van der Waals surface area contributed by atoms with Crippen molar-refractivity contribution in [3.05, 3.63) is 221 Å². The molecule has 91 heavy (non-hydrogen) atoms. The zero-order valence-electron chi connectivity index (χ0n) is 49.9. The van der Waals surface area contributed by atoms with Crippen LogP contribution < -0.4 is 37.2 Å². The zero-order valence-corrected chi connectivity index (χ0v) is 49.9. The molecule has 3 saturated heterocycles. The monoisotopic (exact) mass is 1220 g/mol. The fourth-order valence-electron chi connectivity index (χ4n) is 11.5. The molecule has 3 fully saturated rings. The smallest absolute Gasteiger partial charge is 0.257 e. The number of amides is 3. The van der Waals surface area contributed by atoms with Gasteiger partial charge in [0.05, 0.1) is 10.8 Å². The minimum absolute atomic E-state index is 0.00975. The lowest BCUT2D eigenvalue weighted by molar-refractivity contribution is -0.127. The maximum Gasteiger partial charge on any atom is 0.257 e. The van der Waals surface area contributed by atoms with Gasteiger partial charge >= 0.3 is 0 Å². The first kappa shape index (κ1) is 61.2. The van der Waals surface area contributed by atoms with Gasteiger partial charge in [-0.25, -0.2) is 29.9 Å². The average Bonchev–Trinajstić information content (AvgIpc) is 3.63. The molecule has 6 aromatic heterocycles. The van der Waals surface area contributed by atoms with Crippen molar-refractivity contribution in [3.8, 4) is 44.9 Å². The van der Waals surface area contributed by atoms with Crippen molar-refractivity contribution in [1.82, 2.24) is 59.6 Å². The van der Waals surface area contributed by atoms with Crippen LogP contribution in [0.25, 0.3) is 66.5 Å². The van der Waals surface area contributed by atoms with Crippen LogP contribution in [0.3, 0.4) is 0 Å². The normalized spacial score (nSPS) is 16.3. The largest absolute Gasteiger partial charge is 0.457 e. The maximum atomic E-state index is 13.2. The second-order valence-electron chi connectivity index (χ2n) is 22.1. The molecule has 9 heterocycles. The third-order valence-corrected chi connectivity index (χ3v) is 16.0. The lowest BCUT2D eigenvalue weighted by Gasteiger charge is -2.33. The summed E-state index contributed by atoms with van der Waals surface area (Å²) in [7, 11) is 0. The molecule has 3 aliphatic rings. The number of anilines is 3. The summed E-state index contributed by atoms with van der Waals surface area (Å²) in [5.74, 6) is 2.97. The Morgan fingerprint density at radius 2 is 0.857 bits per heavy atom. The molecule has 0 radical (unpaired) electrons. The summed E-state index contributed by atoms with van der Waals surface area (Å²) >= 11 is 0. The summed E-state index contributed by atoms with van der Waals surface area (Å²) in [6.45, 7) is 14.6. The van der Waals surface area contributed by atoms with Crippen molar-refractivity contribution in [2.75, 3.05) is 55.2 Å². The number of carbonyl (C=O) groups excluding carboxylic acids is 3. The number of nitrogens with zero attached hydrogens (tertiary/aromatic N) is 9. The lowest BCUT2D eigenvalue weighted by atomic mass is 10.0. The van der Waals surface area contributed by atoms with E-state index in [1.807, 2.05) is 121 Å². The Hall–Kier alpha value is -11.4. The van der Waals surface area contributed by atoms with E-state index in [1.54, 1.807) is 27.0 Å². The summed E-state index contributed by atoms with van der Waals surface area (Å²) < 4.78 is 5.86.